The van der Waals surface area contributed by atoms with Crippen LogP contribution in [0.1, 0.15) is 64.4 Å². The van der Waals surface area contributed by atoms with Crippen LogP contribution < -0.4 is 0 Å². The Hall–Kier alpha value is -1.31. The molecule has 0 heterocycles. The Morgan fingerprint density at radius 2 is 1.81 bits per heavy atom. The molecule has 0 spiro atoms. The number of aryl methyl sites for hydroxylation is 1. The molecule has 1 saturated carbocycles. The van der Waals surface area contributed by atoms with E-state index in [1.807, 2.05) is 18.2 Å². The van der Waals surface area contributed by atoms with Gasteiger partial charge in [0.15, 0.2) is 0 Å². The Morgan fingerprint density at radius 1 is 1.14 bits per heavy atom. The predicted octanol–water partition coefficient (Wildman–Crippen LogP) is 4.91. The molecule has 0 radical (unpaired) electrons. The van der Waals surface area contributed by atoms with Gasteiger partial charge in [-0.15, -0.1) is 0 Å². The van der Waals surface area contributed by atoms with Gasteiger partial charge >= 0.3 is 5.97 Å². The van der Waals surface area contributed by atoms with Crippen molar-refractivity contribution in [2.24, 2.45) is 5.92 Å². The largest absolute Gasteiger partial charge is 0.459 e. The molecule has 0 N–H and O–H groups in total. The van der Waals surface area contributed by atoms with Gasteiger partial charge in [0.25, 0.3) is 0 Å². The monoisotopic (exact) mass is 288 g/mol. The molecule has 1 aliphatic carbocycles. The zero-order valence-electron chi connectivity index (χ0n) is 13.4. The Labute approximate surface area is 128 Å². The molecule has 116 valence electrons. The van der Waals surface area contributed by atoms with Crippen molar-refractivity contribution in [2.75, 3.05) is 0 Å². The van der Waals surface area contributed by atoms with Crippen molar-refractivity contribution in [2.45, 2.75) is 70.8 Å². The van der Waals surface area contributed by atoms with Crippen molar-refractivity contribution < 1.29 is 9.53 Å². The van der Waals surface area contributed by atoms with Crippen LogP contribution in [-0.4, -0.2) is 11.6 Å². The Balaban J connectivity index is 1.80. The summed E-state index contributed by atoms with van der Waals surface area (Å²) in [4.78, 5) is 12.2. The summed E-state index contributed by atoms with van der Waals surface area (Å²) in [6, 6.07) is 10.3. The third kappa shape index (κ3) is 4.59. The maximum Gasteiger partial charge on any atom is 0.306 e. The van der Waals surface area contributed by atoms with Crippen LogP contribution in [0.3, 0.4) is 0 Å². The minimum absolute atomic E-state index is 0.0125. The highest BCUT2D eigenvalue weighted by Crippen LogP contribution is 2.38. The van der Waals surface area contributed by atoms with E-state index in [4.69, 9.17) is 4.74 Å². The Morgan fingerprint density at radius 3 is 2.43 bits per heavy atom. The molecule has 2 rings (SSSR count). The molecular formula is C19H28O2. The maximum atomic E-state index is 12.2. The first-order valence-electron chi connectivity index (χ1n) is 8.38. The highest BCUT2D eigenvalue weighted by atomic mass is 16.6. The second-order valence-corrected chi connectivity index (χ2v) is 6.59. The van der Waals surface area contributed by atoms with Gasteiger partial charge in [-0.2, -0.15) is 0 Å². The van der Waals surface area contributed by atoms with Gasteiger partial charge in [0.05, 0.1) is 0 Å². The SMILES string of the molecule is CC(C)C1(OC(=O)CCCc2ccccc2)CCCCC1. The second-order valence-electron chi connectivity index (χ2n) is 6.59. The first kappa shape index (κ1) is 16.1. The Kier molecular flexibility index (Phi) is 5.84. The summed E-state index contributed by atoms with van der Waals surface area (Å²) in [7, 11) is 0. The van der Waals surface area contributed by atoms with E-state index in [0.717, 1.165) is 25.7 Å². The van der Waals surface area contributed by atoms with Gasteiger partial charge in [0.2, 0.25) is 0 Å². The lowest BCUT2D eigenvalue weighted by molar-refractivity contribution is -0.169. The van der Waals surface area contributed by atoms with E-state index < -0.39 is 0 Å². The van der Waals surface area contributed by atoms with Gasteiger partial charge < -0.3 is 4.74 Å². The summed E-state index contributed by atoms with van der Waals surface area (Å²) in [6.07, 6.45) is 8.08. The molecule has 1 aromatic carbocycles. The van der Waals surface area contributed by atoms with Gasteiger partial charge in [-0.3, -0.25) is 4.79 Å². The molecule has 0 saturated heterocycles. The number of carbonyl (C=O) groups is 1. The average Bonchev–Trinajstić information content (AvgIpc) is 2.49. The summed E-state index contributed by atoms with van der Waals surface area (Å²) in [6.45, 7) is 4.37. The zero-order chi connectivity index (χ0) is 15.1. The van der Waals surface area contributed by atoms with Gasteiger partial charge in [-0.05, 0) is 50.0 Å². The summed E-state index contributed by atoms with van der Waals surface area (Å²) in [5.74, 6) is 0.400. The highest BCUT2D eigenvalue weighted by molar-refractivity contribution is 5.70. The zero-order valence-corrected chi connectivity index (χ0v) is 13.4. The molecular weight excluding hydrogens is 260 g/mol. The van der Waals surface area contributed by atoms with Crippen LogP contribution in [0.15, 0.2) is 30.3 Å². The molecule has 1 aromatic rings. The lowest BCUT2D eigenvalue weighted by Gasteiger charge is -2.40. The third-order valence-electron chi connectivity index (χ3n) is 4.76. The molecule has 0 bridgehead atoms. The summed E-state index contributed by atoms with van der Waals surface area (Å²) >= 11 is 0. The number of hydrogen-bond donors (Lipinski definition) is 0. The Bertz CT molecular complexity index is 430. The lowest BCUT2D eigenvalue weighted by Crippen LogP contribution is -2.42. The van der Waals surface area contributed by atoms with E-state index in [9.17, 15) is 4.79 Å². The normalized spacial score (nSPS) is 17.7. The number of ether oxygens (including phenoxy) is 1. The van der Waals surface area contributed by atoms with E-state index in [1.165, 1.54) is 24.8 Å². The smallest absolute Gasteiger partial charge is 0.306 e. The fourth-order valence-corrected chi connectivity index (χ4v) is 3.31. The minimum Gasteiger partial charge on any atom is -0.459 e. The second kappa shape index (κ2) is 7.63. The summed E-state index contributed by atoms with van der Waals surface area (Å²) in [5, 5.41) is 0. The summed E-state index contributed by atoms with van der Waals surface area (Å²) in [5.41, 5.74) is 1.10. The topological polar surface area (TPSA) is 26.3 Å². The van der Waals surface area contributed by atoms with E-state index in [-0.39, 0.29) is 11.6 Å². The van der Waals surface area contributed by atoms with Crippen molar-refractivity contribution >= 4 is 5.97 Å². The van der Waals surface area contributed by atoms with E-state index >= 15 is 0 Å². The molecule has 0 aromatic heterocycles. The standard InChI is InChI=1S/C19H28O2/c1-16(2)19(14-7-4-8-15-19)21-18(20)13-9-12-17-10-5-3-6-11-17/h3,5-6,10-11,16H,4,7-9,12-15H2,1-2H3. The molecule has 0 unspecified atom stereocenters. The van der Waals surface area contributed by atoms with Crippen LogP contribution in [0.25, 0.3) is 0 Å². The summed E-state index contributed by atoms with van der Waals surface area (Å²) < 4.78 is 5.94. The van der Waals surface area contributed by atoms with E-state index in [1.54, 1.807) is 0 Å². The van der Waals surface area contributed by atoms with Crippen LogP contribution in [-0.2, 0) is 16.0 Å². The van der Waals surface area contributed by atoms with Gasteiger partial charge in [-0.25, -0.2) is 0 Å². The molecule has 2 heteroatoms. The van der Waals surface area contributed by atoms with Gasteiger partial charge in [-0.1, -0.05) is 50.6 Å². The fraction of sp³-hybridized carbons (Fsp3) is 0.632. The van der Waals surface area contributed by atoms with E-state index in [0.29, 0.717) is 12.3 Å². The average molecular weight is 288 g/mol. The van der Waals surface area contributed by atoms with Crippen LogP contribution in [0.4, 0.5) is 0 Å². The van der Waals surface area contributed by atoms with E-state index in [2.05, 4.69) is 26.0 Å². The van der Waals surface area contributed by atoms with Crippen LogP contribution in [0.2, 0.25) is 0 Å². The molecule has 21 heavy (non-hydrogen) atoms. The number of carbonyl (C=O) groups excluding carboxylic acids is 1. The van der Waals surface area contributed by atoms with Crippen LogP contribution in [0, 0.1) is 5.92 Å². The van der Waals surface area contributed by atoms with Crippen molar-refractivity contribution in [3.05, 3.63) is 35.9 Å². The van der Waals surface area contributed by atoms with Crippen molar-refractivity contribution in [1.29, 1.82) is 0 Å². The minimum atomic E-state index is -0.192. The van der Waals surface area contributed by atoms with Crippen molar-refractivity contribution in [3.63, 3.8) is 0 Å². The lowest BCUT2D eigenvalue weighted by atomic mass is 9.77. The molecule has 0 atom stereocenters. The first-order chi connectivity index (χ1) is 10.1. The number of rotatable bonds is 6. The van der Waals surface area contributed by atoms with Gasteiger partial charge in [0.1, 0.15) is 5.60 Å². The number of esters is 1. The fourth-order valence-electron chi connectivity index (χ4n) is 3.31. The molecule has 0 amide bonds. The van der Waals surface area contributed by atoms with Crippen molar-refractivity contribution in [1.82, 2.24) is 0 Å². The maximum absolute atomic E-state index is 12.2. The quantitative estimate of drug-likeness (QED) is 0.695. The first-order valence-corrected chi connectivity index (χ1v) is 8.38. The molecule has 1 aliphatic rings. The molecule has 2 nitrogen and oxygen atoms in total. The number of benzene rings is 1. The van der Waals surface area contributed by atoms with Gasteiger partial charge in [0, 0.05) is 6.42 Å². The molecule has 0 aliphatic heterocycles. The number of hydrogen-bond acceptors (Lipinski definition) is 2. The predicted molar refractivity (Wildman–Crippen MR) is 86.1 cm³/mol. The van der Waals surface area contributed by atoms with Crippen LogP contribution in [0.5, 0.6) is 0 Å². The third-order valence-corrected chi connectivity index (χ3v) is 4.76. The molecule has 1 fully saturated rings. The highest BCUT2D eigenvalue weighted by Gasteiger charge is 2.38. The van der Waals surface area contributed by atoms with Crippen molar-refractivity contribution in [3.8, 4) is 0 Å². The van der Waals surface area contributed by atoms with Crippen LogP contribution >= 0.6 is 0 Å².